The summed E-state index contributed by atoms with van der Waals surface area (Å²) in [4.78, 5) is 14.8. The zero-order chi connectivity index (χ0) is 22.3. The maximum atomic E-state index is 13.1. The van der Waals surface area contributed by atoms with Gasteiger partial charge in [-0.2, -0.15) is 4.31 Å². The van der Waals surface area contributed by atoms with Crippen molar-refractivity contribution in [3.63, 3.8) is 0 Å². The van der Waals surface area contributed by atoms with Crippen LogP contribution in [0.3, 0.4) is 0 Å². The molecule has 1 saturated heterocycles. The summed E-state index contributed by atoms with van der Waals surface area (Å²) in [6.07, 6.45) is 2.99. The van der Waals surface area contributed by atoms with E-state index < -0.39 is 10.0 Å². The van der Waals surface area contributed by atoms with Crippen molar-refractivity contribution in [2.75, 3.05) is 26.2 Å². The fraction of sp³-hybridized carbons (Fsp3) is 0.292. The molecule has 166 valence electrons. The predicted octanol–water partition coefficient (Wildman–Crippen LogP) is 3.72. The van der Waals surface area contributed by atoms with Crippen LogP contribution in [0.1, 0.15) is 28.1 Å². The Morgan fingerprint density at radius 2 is 1.59 bits per heavy atom. The van der Waals surface area contributed by atoms with E-state index in [9.17, 15) is 17.6 Å². The molecule has 32 heavy (non-hydrogen) atoms. The summed E-state index contributed by atoms with van der Waals surface area (Å²) in [7, 11) is -3.59. The maximum absolute atomic E-state index is 13.1. The number of benzene rings is 2. The number of carbonyl (C=O) groups is 1. The number of carbonyl (C=O) groups excluding carboxylic acids is 1. The molecule has 5 rings (SSSR count). The number of hydrogen-bond donors (Lipinski definition) is 0. The van der Waals surface area contributed by atoms with Crippen LogP contribution < -0.4 is 0 Å². The van der Waals surface area contributed by atoms with E-state index in [1.165, 1.54) is 22.0 Å². The Labute approximate surface area is 186 Å². The lowest BCUT2D eigenvalue weighted by Crippen LogP contribution is -2.50. The van der Waals surface area contributed by atoms with Gasteiger partial charge in [-0.05, 0) is 78.9 Å². The molecule has 1 aromatic heterocycles. The van der Waals surface area contributed by atoms with Crippen molar-refractivity contribution in [1.82, 2.24) is 9.21 Å². The first-order valence-corrected chi connectivity index (χ1v) is 12.1. The zero-order valence-corrected chi connectivity index (χ0v) is 18.3. The van der Waals surface area contributed by atoms with Crippen molar-refractivity contribution in [3.8, 4) is 11.3 Å². The average molecular weight is 455 g/mol. The van der Waals surface area contributed by atoms with E-state index in [0.29, 0.717) is 16.2 Å². The van der Waals surface area contributed by atoms with Crippen LogP contribution in [0.2, 0.25) is 0 Å². The Morgan fingerprint density at radius 1 is 0.875 bits per heavy atom. The van der Waals surface area contributed by atoms with E-state index in [1.54, 1.807) is 41.3 Å². The number of aryl methyl sites for hydroxylation is 2. The van der Waals surface area contributed by atoms with Gasteiger partial charge in [-0.1, -0.05) is 6.07 Å². The maximum Gasteiger partial charge on any atom is 0.289 e. The molecular formula is C24H23FN2O4S. The molecule has 6 nitrogen and oxygen atoms in total. The molecule has 1 aliphatic carbocycles. The predicted molar refractivity (Wildman–Crippen MR) is 117 cm³/mol. The number of rotatable bonds is 4. The van der Waals surface area contributed by atoms with Gasteiger partial charge in [0.1, 0.15) is 11.6 Å². The topological polar surface area (TPSA) is 70.8 Å². The lowest BCUT2D eigenvalue weighted by molar-refractivity contribution is 0.0667. The molecule has 2 heterocycles. The highest BCUT2D eigenvalue weighted by Gasteiger charge is 2.32. The summed E-state index contributed by atoms with van der Waals surface area (Å²) in [6.45, 7) is 1.04. The number of sulfonamides is 1. The molecule has 1 fully saturated rings. The van der Waals surface area contributed by atoms with Crippen molar-refractivity contribution < 1.29 is 22.0 Å². The van der Waals surface area contributed by atoms with E-state index in [0.717, 1.165) is 24.8 Å². The first kappa shape index (κ1) is 20.9. The third-order valence-electron chi connectivity index (χ3n) is 6.18. The first-order chi connectivity index (χ1) is 15.4. The van der Waals surface area contributed by atoms with E-state index >= 15 is 0 Å². The number of piperazine rings is 1. The Hall–Kier alpha value is -2.97. The van der Waals surface area contributed by atoms with Crippen LogP contribution >= 0.6 is 0 Å². The van der Waals surface area contributed by atoms with Gasteiger partial charge in [-0.15, -0.1) is 0 Å². The molecule has 0 saturated carbocycles. The van der Waals surface area contributed by atoms with Gasteiger partial charge in [-0.25, -0.2) is 12.8 Å². The van der Waals surface area contributed by atoms with Gasteiger partial charge in [0, 0.05) is 31.7 Å². The fourth-order valence-corrected chi connectivity index (χ4v) is 5.84. The van der Waals surface area contributed by atoms with Crippen LogP contribution in [-0.2, 0) is 22.9 Å². The highest BCUT2D eigenvalue weighted by Crippen LogP contribution is 2.27. The van der Waals surface area contributed by atoms with Crippen molar-refractivity contribution >= 4 is 15.9 Å². The summed E-state index contributed by atoms with van der Waals surface area (Å²) in [6, 6.07) is 14.5. The second-order valence-electron chi connectivity index (χ2n) is 8.15. The van der Waals surface area contributed by atoms with E-state index in [2.05, 4.69) is 0 Å². The molecule has 0 atom stereocenters. The third-order valence-corrected chi connectivity index (χ3v) is 8.07. The Balaban J connectivity index is 1.25. The smallest absolute Gasteiger partial charge is 0.289 e. The number of fused-ring (bicyclic) bond motifs is 1. The van der Waals surface area contributed by atoms with Crippen molar-refractivity contribution in [3.05, 3.63) is 77.3 Å². The first-order valence-electron chi connectivity index (χ1n) is 10.7. The highest BCUT2D eigenvalue weighted by atomic mass is 32.2. The van der Waals surface area contributed by atoms with Crippen LogP contribution in [0.4, 0.5) is 4.39 Å². The average Bonchev–Trinajstić information content (AvgIpc) is 3.48. The van der Waals surface area contributed by atoms with Crippen LogP contribution in [-0.4, -0.2) is 49.7 Å². The molecule has 0 N–H and O–H groups in total. The largest absolute Gasteiger partial charge is 0.451 e. The molecule has 0 radical (unpaired) electrons. The Kier molecular flexibility index (Phi) is 5.35. The van der Waals surface area contributed by atoms with Crippen LogP contribution in [0, 0.1) is 5.82 Å². The standard InChI is InChI=1S/C24H23FN2O4S/c25-20-7-4-18(5-8-20)22-10-11-23(31-22)24(28)26-12-14-27(15-13-26)32(29,30)21-9-6-17-2-1-3-19(17)16-21/h4-11,16H,1-3,12-15H2. The van der Waals surface area contributed by atoms with Gasteiger partial charge in [0.25, 0.3) is 5.91 Å². The lowest BCUT2D eigenvalue weighted by Gasteiger charge is -2.33. The second-order valence-corrected chi connectivity index (χ2v) is 10.1. The van der Waals surface area contributed by atoms with Gasteiger partial charge in [0.05, 0.1) is 4.90 Å². The molecule has 3 aromatic rings. The second kappa shape index (κ2) is 8.18. The van der Waals surface area contributed by atoms with Crippen molar-refractivity contribution in [2.24, 2.45) is 0 Å². The number of nitrogens with zero attached hydrogens (tertiary/aromatic N) is 2. The van der Waals surface area contributed by atoms with Crippen LogP contribution in [0.25, 0.3) is 11.3 Å². The Bertz CT molecular complexity index is 1260. The van der Waals surface area contributed by atoms with Gasteiger partial charge >= 0.3 is 0 Å². The van der Waals surface area contributed by atoms with E-state index in [-0.39, 0.29) is 43.7 Å². The number of furan rings is 1. The Morgan fingerprint density at radius 3 is 2.34 bits per heavy atom. The quantitative estimate of drug-likeness (QED) is 0.603. The minimum absolute atomic E-state index is 0.180. The molecule has 8 heteroatoms. The normalized spacial score (nSPS) is 16.8. The van der Waals surface area contributed by atoms with Crippen molar-refractivity contribution in [1.29, 1.82) is 0 Å². The highest BCUT2D eigenvalue weighted by molar-refractivity contribution is 7.89. The summed E-state index contributed by atoms with van der Waals surface area (Å²) < 4.78 is 46.4. The zero-order valence-electron chi connectivity index (χ0n) is 17.5. The minimum Gasteiger partial charge on any atom is -0.451 e. The summed E-state index contributed by atoms with van der Waals surface area (Å²) in [5, 5.41) is 0. The number of halogens is 1. The third kappa shape index (κ3) is 3.84. The summed E-state index contributed by atoms with van der Waals surface area (Å²) >= 11 is 0. The molecule has 1 amide bonds. The van der Waals surface area contributed by atoms with Crippen molar-refractivity contribution in [2.45, 2.75) is 24.2 Å². The molecule has 2 aliphatic rings. The van der Waals surface area contributed by atoms with Crippen LogP contribution in [0.5, 0.6) is 0 Å². The van der Waals surface area contributed by atoms with Gasteiger partial charge in [-0.3, -0.25) is 4.79 Å². The van der Waals surface area contributed by atoms with Crippen LogP contribution in [0.15, 0.2) is 63.9 Å². The minimum atomic E-state index is -3.59. The molecule has 0 bridgehead atoms. The molecule has 0 unspecified atom stereocenters. The number of amides is 1. The molecule has 1 aliphatic heterocycles. The molecule has 0 spiro atoms. The SMILES string of the molecule is O=C(c1ccc(-c2ccc(F)cc2)o1)N1CCN(S(=O)(=O)c2ccc3c(c2)CCC3)CC1. The monoisotopic (exact) mass is 454 g/mol. The number of hydrogen-bond acceptors (Lipinski definition) is 4. The van der Waals surface area contributed by atoms with Gasteiger partial charge < -0.3 is 9.32 Å². The summed E-state index contributed by atoms with van der Waals surface area (Å²) in [5.41, 5.74) is 3.03. The van der Waals surface area contributed by atoms with E-state index in [1.807, 2.05) is 6.07 Å². The van der Waals surface area contributed by atoms with Gasteiger partial charge in [0.2, 0.25) is 10.0 Å². The molecular weight excluding hydrogens is 431 g/mol. The van der Waals surface area contributed by atoms with E-state index in [4.69, 9.17) is 4.42 Å². The van der Waals surface area contributed by atoms with Gasteiger partial charge in [0.15, 0.2) is 5.76 Å². The molecule has 2 aromatic carbocycles. The fourth-order valence-electron chi connectivity index (χ4n) is 4.37. The summed E-state index contributed by atoms with van der Waals surface area (Å²) in [5.74, 6) is 0.0303. The lowest BCUT2D eigenvalue weighted by atomic mass is 10.1.